The number of likely N-dealkylation sites (tertiary alicyclic amines) is 1. The maximum Gasteiger partial charge on any atom is 0.142 e. The highest BCUT2D eigenvalue weighted by Crippen LogP contribution is 2.39. The number of nitrogens with one attached hydrogen (secondary N) is 1. The topological polar surface area (TPSA) is 48.1 Å². The van der Waals surface area contributed by atoms with Crippen LogP contribution in [0.5, 0.6) is 0 Å². The second-order valence-electron chi connectivity index (χ2n) is 8.16. The van der Waals surface area contributed by atoms with Crippen LogP contribution in [-0.2, 0) is 0 Å². The fraction of sp³-hybridized carbons (Fsp3) is 0.684. The molecule has 1 aliphatic heterocycles. The van der Waals surface area contributed by atoms with E-state index in [1.807, 2.05) is 6.20 Å². The summed E-state index contributed by atoms with van der Waals surface area (Å²) < 4.78 is 0. The second kappa shape index (κ2) is 6.47. The van der Waals surface area contributed by atoms with Crippen molar-refractivity contribution in [3.8, 4) is 0 Å². The molecular weight excluding hydrogens is 330 g/mol. The SMILES string of the molecule is CN(c1ncnc2[nH]ccc12)[C@H]1C[C@@H](CSC2CN(CC3CC3)C2)C1. The Hall–Kier alpha value is -1.27. The van der Waals surface area contributed by atoms with E-state index in [1.165, 1.54) is 51.1 Å². The molecule has 1 N–H and O–H groups in total. The summed E-state index contributed by atoms with van der Waals surface area (Å²) >= 11 is 2.22. The summed E-state index contributed by atoms with van der Waals surface area (Å²) in [4.78, 5) is 17.0. The number of aromatic amines is 1. The third kappa shape index (κ3) is 3.26. The van der Waals surface area contributed by atoms with E-state index in [-0.39, 0.29) is 0 Å². The molecule has 3 heterocycles. The molecule has 0 spiro atoms. The fourth-order valence-electron chi connectivity index (χ4n) is 4.18. The van der Waals surface area contributed by atoms with Crippen LogP contribution < -0.4 is 4.90 Å². The van der Waals surface area contributed by atoms with Crippen LogP contribution in [0, 0.1) is 11.8 Å². The maximum absolute atomic E-state index is 4.52. The first-order chi connectivity index (χ1) is 12.3. The third-order valence-electron chi connectivity index (χ3n) is 6.13. The minimum Gasteiger partial charge on any atom is -0.356 e. The van der Waals surface area contributed by atoms with Crippen LogP contribution in [0.3, 0.4) is 0 Å². The van der Waals surface area contributed by atoms with Crippen LogP contribution in [-0.4, -0.2) is 63.6 Å². The molecule has 2 aliphatic carbocycles. The lowest BCUT2D eigenvalue weighted by Crippen LogP contribution is -2.50. The Morgan fingerprint density at radius 2 is 2.08 bits per heavy atom. The Balaban J connectivity index is 1.07. The minimum absolute atomic E-state index is 0.631. The van der Waals surface area contributed by atoms with Gasteiger partial charge in [-0.25, -0.2) is 9.97 Å². The lowest BCUT2D eigenvalue weighted by Gasteiger charge is -2.44. The molecule has 3 fully saturated rings. The Morgan fingerprint density at radius 3 is 2.88 bits per heavy atom. The second-order valence-corrected chi connectivity index (χ2v) is 9.49. The molecule has 6 heteroatoms. The van der Waals surface area contributed by atoms with E-state index >= 15 is 0 Å². The summed E-state index contributed by atoms with van der Waals surface area (Å²) in [7, 11) is 2.19. The number of H-pyrrole nitrogens is 1. The Morgan fingerprint density at radius 1 is 1.24 bits per heavy atom. The lowest BCUT2D eigenvalue weighted by molar-refractivity contribution is 0.182. The molecule has 0 atom stereocenters. The quantitative estimate of drug-likeness (QED) is 0.825. The van der Waals surface area contributed by atoms with E-state index in [1.54, 1.807) is 6.33 Å². The number of hydrogen-bond donors (Lipinski definition) is 1. The zero-order chi connectivity index (χ0) is 16.8. The first-order valence-electron chi connectivity index (χ1n) is 9.61. The lowest BCUT2D eigenvalue weighted by atomic mass is 9.81. The Bertz CT molecular complexity index is 730. The summed E-state index contributed by atoms with van der Waals surface area (Å²) in [5.74, 6) is 4.34. The molecule has 2 aromatic heterocycles. The van der Waals surface area contributed by atoms with Gasteiger partial charge in [0.2, 0.25) is 0 Å². The molecule has 5 rings (SSSR count). The van der Waals surface area contributed by atoms with Crippen molar-refractivity contribution in [2.45, 2.75) is 37.0 Å². The number of nitrogens with zero attached hydrogens (tertiary/aromatic N) is 4. The molecule has 3 aliphatic rings. The molecule has 2 aromatic rings. The molecule has 0 amide bonds. The average Bonchev–Trinajstić information content (AvgIpc) is 3.23. The molecule has 134 valence electrons. The highest BCUT2D eigenvalue weighted by Gasteiger charge is 2.36. The van der Waals surface area contributed by atoms with Crippen molar-refractivity contribution in [2.75, 3.05) is 37.3 Å². The summed E-state index contributed by atoms with van der Waals surface area (Å²) in [5, 5.41) is 2.03. The van der Waals surface area contributed by atoms with E-state index < -0.39 is 0 Å². The first-order valence-corrected chi connectivity index (χ1v) is 10.7. The van der Waals surface area contributed by atoms with Gasteiger partial charge in [-0.2, -0.15) is 11.8 Å². The fourth-order valence-corrected chi connectivity index (χ4v) is 5.63. The maximum atomic E-state index is 4.52. The van der Waals surface area contributed by atoms with Gasteiger partial charge in [0.15, 0.2) is 0 Å². The highest BCUT2D eigenvalue weighted by molar-refractivity contribution is 8.00. The molecule has 2 saturated carbocycles. The van der Waals surface area contributed by atoms with Crippen LogP contribution in [0.4, 0.5) is 5.82 Å². The largest absolute Gasteiger partial charge is 0.356 e. The van der Waals surface area contributed by atoms with E-state index in [0.717, 1.165) is 33.9 Å². The smallest absolute Gasteiger partial charge is 0.142 e. The number of aromatic nitrogens is 3. The monoisotopic (exact) mass is 357 g/mol. The van der Waals surface area contributed by atoms with Gasteiger partial charge >= 0.3 is 0 Å². The van der Waals surface area contributed by atoms with Crippen molar-refractivity contribution >= 4 is 28.6 Å². The Kier molecular flexibility index (Phi) is 4.13. The van der Waals surface area contributed by atoms with Crippen molar-refractivity contribution < 1.29 is 0 Å². The average molecular weight is 358 g/mol. The van der Waals surface area contributed by atoms with Crippen LogP contribution in [0.25, 0.3) is 11.0 Å². The van der Waals surface area contributed by atoms with Crippen LogP contribution in [0.2, 0.25) is 0 Å². The molecule has 0 unspecified atom stereocenters. The standard InChI is InChI=1S/C19H27N5S/c1-23(19-17-4-5-20-18(17)21-12-22-19)15-6-14(7-15)11-25-16-9-24(10-16)8-13-2-3-13/h4-5,12-16H,2-3,6-11H2,1H3,(H,20,21,22)/t14-,15+. The van der Waals surface area contributed by atoms with Crippen molar-refractivity contribution in [1.29, 1.82) is 0 Å². The summed E-state index contributed by atoms with van der Waals surface area (Å²) in [5.41, 5.74) is 0.934. The predicted molar refractivity (Wildman–Crippen MR) is 104 cm³/mol. The third-order valence-corrected chi connectivity index (χ3v) is 7.56. The molecule has 1 saturated heterocycles. The van der Waals surface area contributed by atoms with Gasteiger partial charge in [-0.15, -0.1) is 0 Å². The summed E-state index contributed by atoms with van der Waals surface area (Å²) in [6, 6.07) is 2.71. The predicted octanol–water partition coefficient (Wildman–Crippen LogP) is 3.00. The molecular formula is C19H27N5S. The van der Waals surface area contributed by atoms with E-state index in [9.17, 15) is 0 Å². The van der Waals surface area contributed by atoms with Gasteiger partial charge in [-0.1, -0.05) is 0 Å². The van der Waals surface area contributed by atoms with Crippen molar-refractivity contribution in [3.05, 3.63) is 18.6 Å². The molecule has 0 radical (unpaired) electrons. The van der Waals surface area contributed by atoms with Gasteiger partial charge in [0.1, 0.15) is 17.8 Å². The molecule has 0 aromatic carbocycles. The van der Waals surface area contributed by atoms with Crippen LogP contribution >= 0.6 is 11.8 Å². The van der Waals surface area contributed by atoms with Gasteiger partial charge in [0.25, 0.3) is 0 Å². The van der Waals surface area contributed by atoms with Gasteiger partial charge in [-0.05, 0) is 49.3 Å². The van der Waals surface area contributed by atoms with Crippen LogP contribution in [0.15, 0.2) is 18.6 Å². The van der Waals surface area contributed by atoms with E-state index in [0.29, 0.717) is 6.04 Å². The molecule has 5 nitrogen and oxygen atoms in total. The van der Waals surface area contributed by atoms with Crippen molar-refractivity contribution in [2.24, 2.45) is 11.8 Å². The van der Waals surface area contributed by atoms with Crippen molar-refractivity contribution in [1.82, 2.24) is 19.9 Å². The van der Waals surface area contributed by atoms with Crippen LogP contribution in [0.1, 0.15) is 25.7 Å². The number of rotatable bonds is 7. The number of hydrogen-bond acceptors (Lipinski definition) is 5. The zero-order valence-corrected chi connectivity index (χ0v) is 15.7. The summed E-state index contributed by atoms with van der Waals surface area (Å²) in [6.45, 7) is 4.05. The van der Waals surface area contributed by atoms with Gasteiger partial charge in [-0.3, -0.25) is 0 Å². The zero-order valence-electron chi connectivity index (χ0n) is 14.9. The highest BCUT2D eigenvalue weighted by atomic mass is 32.2. The molecule has 25 heavy (non-hydrogen) atoms. The molecule has 0 bridgehead atoms. The Labute approximate surface area is 153 Å². The summed E-state index contributed by atoms with van der Waals surface area (Å²) in [6.07, 6.45) is 9.18. The van der Waals surface area contributed by atoms with Gasteiger partial charge in [0, 0.05) is 44.2 Å². The van der Waals surface area contributed by atoms with E-state index in [4.69, 9.17) is 0 Å². The number of fused-ring (bicyclic) bond motifs is 1. The minimum atomic E-state index is 0.631. The number of anilines is 1. The van der Waals surface area contributed by atoms with Gasteiger partial charge in [0.05, 0.1) is 5.39 Å². The normalized spacial score (nSPS) is 27.2. The first kappa shape index (κ1) is 15.9. The van der Waals surface area contributed by atoms with Crippen molar-refractivity contribution in [3.63, 3.8) is 0 Å². The van der Waals surface area contributed by atoms with E-state index in [2.05, 4.69) is 49.6 Å². The van der Waals surface area contributed by atoms with Gasteiger partial charge < -0.3 is 14.8 Å². The number of thioether (sulfide) groups is 1.